The van der Waals surface area contributed by atoms with Crippen molar-refractivity contribution < 1.29 is 9.84 Å². The lowest BCUT2D eigenvalue weighted by molar-refractivity contribution is 0.151. The average Bonchev–Trinajstić information content (AvgIpc) is 3.02. The Balaban J connectivity index is 1.80. The first-order valence-corrected chi connectivity index (χ1v) is 9.19. The van der Waals surface area contributed by atoms with Gasteiger partial charge in [-0.25, -0.2) is 4.98 Å². The van der Waals surface area contributed by atoms with Gasteiger partial charge in [0.1, 0.15) is 24.3 Å². The van der Waals surface area contributed by atoms with Crippen molar-refractivity contribution in [1.82, 2.24) is 9.55 Å². The number of para-hydroxylation sites is 3. The molecular formula is C22H26N2O2. The van der Waals surface area contributed by atoms with Gasteiger partial charge in [0.15, 0.2) is 0 Å². The lowest BCUT2D eigenvalue weighted by Gasteiger charge is -2.15. The number of ether oxygens (including phenoxy) is 1. The van der Waals surface area contributed by atoms with Crippen LogP contribution in [0, 0.1) is 0 Å². The molecule has 0 radical (unpaired) electrons. The smallest absolute Gasteiger partial charge is 0.138 e. The third-order valence-electron chi connectivity index (χ3n) is 4.45. The molecule has 26 heavy (non-hydrogen) atoms. The number of aromatic nitrogens is 2. The van der Waals surface area contributed by atoms with E-state index in [0.29, 0.717) is 19.6 Å². The summed E-state index contributed by atoms with van der Waals surface area (Å²) in [6.07, 6.45) is 3.72. The number of hydrogen-bond acceptors (Lipinski definition) is 3. The molecule has 136 valence electrons. The van der Waals surface area contributed by atoms with E-state index in [9.17, 15) is 5.11 Å². The number of imidazole rings is 1. The van der Waals surface area contributed by atoms with Crippen LogP contribution >= 0.6 is 0 Å². The lowest BCUT2D eigenvalue weighted by Crippen LogP contribution is -2.14. The van der Waals surface area contributed by atoms with Gasteiger partial charge in [-0.15, -0.1) is 6.58 Å². The van der Waals surface area contributed by atoms with E-state index in [-0.39, 0.29) is 0 Å². The Hall–Kier alpha value is -2.59. The minimum absolute atomic E-state index is 0.514. The first-order valence-electron chi connectivity index (χ1n) is 9.19. The summed E-state index contributed by atoms with van der Waals surface area (Å²) in [5.41, 5.74) is 3.06. The van der Waals surface area contributed by atoms with Crippen LogP contribution in [-0.4, -0.2) is 21.3 Å². The number of aliphatic hydroxyl groups excluding tert-OH is 1. The van der Waals surface area contributed by atoms with Gasteiger partial charge in [-0.2, -0.15) is 0 Å². The molecule has 0 bridgehead atoms. The summed E-state index contributed by atoms with van der Waals surface area (Å²) < 4.78 is 8.10. The van der Waals surface area contributed by atoms with Gasteiger partial charge >= 0.3 is 0 Å². The monoisotopic (exact) mass is 350 g/mol. The zero-order valence-corrected chi connectivity index (χ0v) is 15.3. The van der Waals surface area contributed by atoms with Gasteiger partial charge in [-0.05, 0) is 36.6 Å². The number of rotatable bonds is 9. The van der Waals surface area contributed by atoms with Crippen molar-refractivity contribution in [2.45, 2.75) is 38.8 Å². The second-order valence-corrected chi connectivity index (χ2v) is 6.36. The van der Waals surface area contributed by atoms with E-state index >= 15 is 0 Å². The summed E-state index contributed by atoms with van der Waals surface area (Å²) in [6, 6.07) is 16.0. The summed E-state index contributed by atoms with van der Waals surface area (Å²) >= 11 is 0. The maximum absolute atomic E-state index is 10.5. The molecule has 0 aliphatic heterocycles. The van der Waals surface area contributed by atoms with E-state index in [0.717, 1.165) is 41.0 Å². The topological polar surface area (TPSA) is 47.3 Å². The van der Waals surface area contributed by atoms with Crippen LogP contribution in [0.25, 0.3) is 11.0 Å². The third kappa shape index (κ3) is 3.97. The van der Waals surface area contributed by atoms with E-state index in [2.05, 4.69) is 29.1 Å². The summed E-state index contributed by atoms with van der Waals surface area (Å²) in [7, 11) is 0. The van der Waals surface area contributed by atoms with Crippen LogP contribution < -0.4 is 4.74 Å². The highest BCUT2D eigenvalue weighted by Gasteiger charge is 2.17. The van der Waals surface area contributed by atoms with Crippen molar-refractivity contribution in [3.63, 3.8) is 0 Å². The third-order valence-corrected chi connectivity index (χ3v) is 4.45. The molecule has 0 amide bonds. The fourth-order valence-corrected chi connectivity index (χ4v) is 3.20. The molecule has 0 spiro atoms. The molecule has 0 saturated carbocycles. The number of nitrogens with zero attached hydrogens (tertiary/aromatic N) is 2. The van der Waals surface area contributed by atoms with Crippen LogP contribution in [0.15, 0.2) is 61.2 Å². The predicted octanol–water partition coefficient (Wildman–Crippen LogP) is 4.68. The maximum atomic E-state index is 10.5. The Morgan fingerprint density at radius 2 is 1.96 bits per heavy atom. The summed E-state index contributed by atoms with van der Waals surface area (Å²) in [5.74, 6) is 1.60. The molecule has 4 heteroatoms. The molecule has 1 N–H and O–H groups in total. The second kappa shape index (κ2) is 8.68. The van der Waals surface area contributed by atoms with Crippen molar-refractivity contribution >= 4 is 11.0 Å². The van der Waals surface area contributed by atoms with Crippen molar-refractivity contribution in [2.75, 3.05) is 6.61 Å². The lowest BCUT2D eigenvalue weighted by atomic mass is 10.1. The molecule has 1 aromatic heterocycles. The molecule has 0 fully saturated rings. The molecule has 4 nitrogen and oxygen atoms in total. The Bertz CT molecular complexity index is 869. The maximum Gasteiger partial charge on any atom is 0.138 e. The van der Waals surface area contributed by atoms with Gasteiger partial charge in [-0.1, -0.05) is 49.8 Å². The van der Waals surface area contributed by atoms with Crippen molar-refractivity contribution in [2.24, 2.45) is 0 Å². The Kier molecular flexibility index (Phi) is 6.08. The summed E-state index contributed by atoms with van der Waals surface area (Å²) in [5, 5.41) is 10.5. The fourth-order valence-electron chi connectivity index (χ4n) is 3.20. The number of hydrogen-bond donors (Lipinski definition) is 1. The number of aliphatic hydroxyl groups is 1. The Morgan fingerprint density at radius 3 is 2.77 bits per heavy atom. The highest BCUT2D eigenvalue weighted by Crippen LogP contribution is 2.24. The first kappa shape index (κ1) is 18.2. The van der Waals surface area contributed by atoms with Gasteiger partial charge in [0.25, 0.3) is 0 Å². The van der Waals surface area contributed by atoms with Crippen LogP contribution in [0.5, 0.6) is 5.75 Å². The predicted molar refractivity (Wildman–Crippen MR) is 105 cm³/mol. The standard InChI is InChI=1S/C22H26N2O2/c1-3-9-17-11-5-8-14-21(17)26-16-15-24-19-13-7-6-12-18(19)23-22(24)20(25)10-4-2/h3,5-8,11-14,20,25H,1,4,9-10,15-16H2,2H3. The molecule has 1 unspecified atom stereocenters. The number of fused-ring (bicyclic) bond motifs is 1. The zero-order valence-electron chi connectivity index (χ0n) is 15.3. The van der Waals surface area contributed by atoms with Crippen LogP contribution in [-0.2, 0) is 13.0 Å². The van der Waals surface area contributed by atoms with E-state index in [1.807, 2.05) is 48.5 Å². The molecule has 2 aromatic carbocycles. The minimum atomic E-state index is -0.555. The van der Waals surface area contributed by atoms with Crippen molar-refractivity contribution in [3.05, 3.63) is 72.6 Å². The number of benzene rings is 2. The van der Waals surface area contributed by atoms with Gasteiger partial charge in [-0.3, -0.25) is 0 Å². The van der Waals surface area contributed by atoms with Crippen LogP contribution in [0.1, 0.15) is 37.3 Å². The van der Waals surface area contributed by atoms with Gasteiger partial charge in [0.2, 0.25) is 0 Å². The quantitative estimate of drug-likeness (QED) is 0.570. The molecule has 0 aliphatic carbocycles. The molecule has 0 aliphatic rings. The minimum Gasteiger partial charge on any atom is -0.491 e. The molecule has 3 rings (SSSR count). The molecule has 3 aromatic rings. The largest absolute Gasteiger partial charge is 0.491 e. The summed E-state index contributed by atoms with van der Waals surface area (Å²) in [4.78, 5) is 4.65. The SMILES string of the molecule is C=CCc1ccccc1OCCn1c(C(O)CCC)nc2ccccc21. The van der Waals surface area contributed by atoms with E-state index in [1.54, 1.807) is 0 Å². The zero-order chi connectivity index (χ0) is 18.4. The molecule has 0 saturated heterocycles. The first-order chi connectivity index (χ1) is 12.7. The molecule has 1 atom stereocenters. The fraction of sp³-hybridized carbons (Fsp3) is 0.318. The van der Waals surface area contributed by atoms with E-state index in [1.165, 1.54) is 0 Å². The average molecular weight is 350 g/mol. The normalized spacial score (nSPS) is 12.2. The molecule has 1 heterocycles. The van der Waals surface area contributed by atoms with Crippen molar-refractivity contribution in [1.29, 1.82) is 0 Å². The van der Waals surface area contributed by atoms with Crippen molar-refractivity contribution in [3.8, 4) is 5.75 Å². The highest BCUT2D eigenvalue weighted by molar-refractivity contribution is 5.76. The van der Waals surface area contributed by atoms with E-state index < -0.39 is 6.10 Å². The molecular weight excluding hydrogens is 324 g/mol. The Morgan fingerprint density at radius 1 is 1.19 bits per heavy atom. The Labute approximate surface area is 154 Å². The van der Waals surface area contributed by atoms with E-state index in [4.69, 9.17) is 4.74 Å². The van der Waals surface area contributed by atoms with Crippen LogP contribution in [0.2, 0.25) is 0 Å². The van der Waals surface area contributed by atoms with Crippen LogP contribution in [0.3, 0.4) is 0 Å². The van der Waals surface area contributed by atoms with Crippen LogP contribution in [0.4, 0.5) is 0 Å². The second-order valence-electron chi connectivity index (χ2n) is 6.36. The summed E-state index contributed by atoms with van der Waals surface area (Å²) in [6.45, 7) is 7.02. The highest BCUT2D eigenvalue weighted by atomic mass is 16.5. The van der Waals surface area contributed by atoms with Gasteiger partial charge < -0.3 is 14.4 Å². The van der Waals surface area contributed by atoms with Gasteiger partial charge in [0, 0.05) is 0 Å². The number of allylic oxidation sites excluding steroid dienone is 1. The van der Waals surface area contributed by atoms with Gasteiger partial charge in [0.05, 0.1) is 17.6 Å².